The molecule has 1 N–H and O–H groups in total. The summed E-state index contributed by atoms with van der Waals surface area (Å²) in [6, 6.07) is 1.92. The van der Waals surface area contributed by atoms with Crippen molar-refractivity contribution in [2.24, 2.45) is 0 Å². The Kier molecular flexibility index (Phi) is 7.77. The predicted molar refractivity (Wildman–Crippen MR) is 120 cm³/mol. The lowest BCUT2D eigenvalue weighted by Crippen LogP contribution is -2.47. The van der Waals surface area contributed by atoms with Gasteiger partial charge in [-0.05, 0) is 57.9 Å². The Labute approximate surface area is 173 Å². The third-order valence-electron chi connectivity index (χ3n) is 5.91. The average Bonchev–Trinajstić information content (AvgIpc) is 2.72. The van der Waals surface area contributed by atoms with E-state index in [1.165, 1.54) is 57.8 Å². The predicted octanol–water partition coefficient (Wildman–Crippen LogP) is 3.62. The van der Waals surface area contributed by atoms with Crippen molar-refractivity contribution in [3.8, 4) is 0 Å². The number of H-pyrrole nitrogens is 1. The second-order valence-corrected chi connectivity index (χ2v) is 8.31. The molecule has 0 bridgehead atoms. The molecule has 2 aliphatic heterocycles. The molecule has 154 valence electrons. The molecule has 0 spiro atoms. The van der Waals surface area contributed by atoms with Gasteiger partial charge in [0, 0.05) is 42.3 Å². The summed E-state index contributed by atoms with van der Waals surface area (Å²) >= 11 is 6.09. The highest BCUT2D eigenvalue weighted by Crippen LogP contribution is 2.24. The lowest BCUT2D eigenvalue weighted by molar-refractivity contribution is 0.211. The van der Waals surface area contributed by atoms with E-state index in [0.29, 0.717) is 16.2 Å². The molecule has 0 atom stereocenters. The molecule has 2 saturated heterocycles. The van der Waals surface area contributed by atoms with Crippen LogP contribution in [0.5, 0.6) is 0 Å². The average molecular weight is 405 g/mol. The van der Waals surface area contributed by atoms with E-state index in [1.54, 1.807) is 0 Å². The number of rotatable bonds is 8. The van der Waals surface area contributed by atoms with Crippen LogP contribution in [0.2, 0.25) is 0 Å². The van der Waals surface area contributed by atoms with Crippen molar-refractivity contribution in [1.82, 2.24) is 14.8 Å². The first kappa shape index (κ1) is 21.2. The van der Waals surface area contributed by atoms with Gasteiger partial charge in [-0.25, -0.2) is 0 Å². The van der Waals surface area contributed by atoms with Gasteiger partial charge in [-0.1, -0.05) is 37.3 Å². The van der Waals surface area contributed by atoms with Gasteiger partial charge < -0.3 is 14.8 Å². The summed E-state index contributed by atoms with van der Waals surface area (Å²) in [7, 11) is 0. The number of hydrogen-bond acceptors (Lipinski definition) is 4. The third kappa shape index (κ3) is 5.49. The van der Waals surface area contributed by atoms with E-state index in [0.717, 1.165) is 38.5 Å². The molecule has 0 radical (unpaired) electrons. The van der Waals surface area contributed by atoms with Crippen LogP contribution in [0.4, 0.5) is 5.82 Å². The number of piperidine rings is 1. The smallest absolute Gasteiger partial charge is 0.257 e. The van der Waals surface area contributed by atoms with Gasteiger partial charge in [-0.2, -0.15) is 0 Å². The highest BCUT2D eigenvalue weighted by Gasteiger charge is 2.19. The van der Waals surface area contributed by atoms with E-state index in [-0.39, 0.29) is 5.56 Å². The summed E-state index contributed by atoms with van der Waals surface area (Å²) in [6.45, 7) is 16.3. The van der Waals surface area contributed by atoms with Crippen LogP contribution in [0.3, 0.4) is 0 Å². The number of piperazine rings is 1. The summed E-state index contributed by atoms with van der Waals surface area (Å²) in [6.07, 6.45) is 8.23. The highest BCUT2D eigenvalue weighted by atomic mass is 35.5. The lowest BCUT2D eigenvalue weighted by atomic mass is 10.1. The van der Waals surface area contributed by atoms with Crippen LogP contribution in [-0.2, 0) is 0 Å². The van der Waals surface area contributed by atoms with Gasteiger partial charge in [0.1, 0.15) is 5.82 Å². The molecule has 2 aliphatic rings. The van der Waals surface area contributed by atoms with Gasteiger partial charge in [0.05, 0.1) is 0 Å². The topological polar surface area (TPSA) is 42.6 Å². The van der Waals surface area contributed by atoms with Crippen LogP contribution in [0.25, 0.3) is 11.1 Å². The van der Waals surface area contributed by atoms with Crippen LogP contribution < -0.4 is 10.5 Å². The minimum Gasteiger partial charge on any atom is -0.356 e. The molecule has 0 saturated carbocycles. The second-order valence-electron chi connectivity index (χ2n) is 7.86. The van der Waals surface area contributed by atoms with E-state index >= 15 is 0 Å². The quantitative estimate of drug-likeness (QED) is 0.672. The number of halogens is 1. The first-order valence-corrected chi connectivity index (χ1v) is 10.9. The minimum absolute atomic E-state index is 0.163. The number of aromatic nitrogens is 1. The molecule has 6 heteroatoms. The van der Waals surface area contributed by atoms with Gasteiger partial charge in [0.15, 0.2) is 0 Å². The molecule has 1 aromatic rings. The van der Waals surface area contributed by atoms with Crippen LogP contribution in [0.15, 0.2) is 24.0 Å². The summed E-state index contributed by atoms with van der Waals surface area (Å²) in [4.78, 5) is 22.7. The van der Waals surface area contributed by atoms with E-state index in [4.69, 9.17) is 11.6 Å². The van der Waals surface area contributed by atoms with Crippen molar-refractivity contribution in [3.05, 3.63) is 40.7 Å². The molecule has 3 heterocycles. The number of likely N-dealkylation sites (tertiary alicyclic amines) is 1. The molecule has 0 aromatic carbocycles. The molecular formula is C22H33ClN4O. The maximum absolute atomic E-state index is 12.3. The number of unbranched alkanes of at least 4 members (excludes halogenated alkanes) is 1. The number of aromatic amines is 1. The minimum atomic E-state index is -0.163. The van der Waals surface area contributed by atoms with E-state index < -0.39 is 0 Å². The Bertz CT molecular complexity index is 731. The van der Waals surface area contributed by atoms with Crippen LogP contribution in [0.1, 0.15) is 43.2 Å². The monoisotopic (exact) mass is 404 g/mol. The van der Waals surface area contributed by atoms with Gasteiger partial charge >= 0.3 is 0 Å². The summed E-state index contributed by atoms with van der Waals surface area (Å²) in [5, 5.41) is 0.370. The molecule has 1 aromatic heterocycles. The van der Waals surface area contributed by atoms with Crippen molar-refractivity contribution in [2.45, 2.75) is 32.1 Å². The fourth-order valence-corrected chi connectivity index (χ4v) is 4.38. The number of pyridine rings is 1. The normalized spacial score (nSPS) is 19.0. The standard InChI is InChI=1S/C22H33ClN4O/c1-3-19-20(18(2)23)17-21(24-22(19)28)27-15-13-26(14-16-27)12-8-7-11-25-9-5-4-6-10-25/h3,17H,1-2,4-16H2,(H,24,28). The summed E-state index contributed by atoms with van der Waals surface area (Å²) in [5.41, 5.74) is 0.982. The maximum Gasteiger partial charge on any atom is 0.257 e. The number of nitrogens with zero attached hydrogens (tertiary/aromatic N) is 3. The lowest BCUT2D eigenvalue weighted by Gasteiger charge is -2.36. The first-order chi connectivity index (χ1) is 13.6. The van der Waals surface area contributed by atoms with Gasteiger partial charge in [-0.3, -0.25) is 9.69 Å². The Morgan fingerprint density at radius 1 is 1.04 bits per heavy atom. The largest absolute Gasteiger partial charge is 0.356 e. The highest BCUT2D eigenvalue weighted by molar-refractivity contribution is 6.48. The Morgan fingerprint density at radius 3 is 2.21 bits per heavy atom. The van der Waals surface area contributed by atoms with Crippen molar-refractivity contribution in [2.75, 3.05) is 57.3 Å². The number of anilines is 1. The molecule has 2 fully saturated rings. The zero-order chi connectivity index (χ0) is 19.9. The molecule has 0 unspecified atom stereocenters. The number of nitrogens with one attached hydrogen (secondary N) is 1. The van der Waals surface area contributed by atoms with Crippen molar-refractivity contribution in [3.63, 3.8) is 0 Å². The molecule has 0 amide bonds. The first-order valence-electron chi connectivity index (χ1n) is 10.5. The van der Waals surface area contributed by atoms with Crippen LogP contribution >= 0.6 is 11.6 Å². The summed E-state index contributed by atoms with van der Waals surface area (Å²) < 4.78 is 0. The van der Waals surface area contributed by atoms with Crippen molar-refractivity contribution >= 4 is 28.5 Å². The zero-order valence-corrected chi connectivity index (χ0v) is 17.6. The SMILES string of the molecule is C=Cc1c(C(=C)Cl)cc(N2CCN(CCCCN3CCCCC3)CC2)[nH]c1=O. The fourth-order valence-electron chi connectivity index (χ4n) is 4.22. The number of hydrogen-bond donors (Lipinski definition) is 1. The maximum atomic E-state index is 12.3. The Hall–Kier alpha value is -1.56. The fraction of sp³-hybridized carbons (Fsp3) is 0.591. The molecule has 0 aliphatic carbocycles. The summed E-state index contributed by atoms with van der Waals surface area (Å²) in [5.74, 6) is 0.817. The van der Waals surface area contributed by atoms with E-state index in [9.17, 15) is 4.79 Å². The van der Waals surface area contributed by atoms with Gasteiger partial charge in [-0.15, -0.1) is 0 Å². The zero-order valence-electron chi connectivity index (χ0n) is 16.9. The molecular weight excluding hydrogens is 372 g/mol. The van der Waals surface area contributed by atoms with E-state index in [2.05, 4.69) is 32.8 Å². The van der Waals surface area contributed by atoms with Crippen LogP contribution in [0, 0.1) is 0 Å². The van der Waals surface area contributed by atoms with E-state index in [1.807, 2.05) is 6.07 Å². The van der Waals surface area contributed by atoms with Gasteiger partial charge in [0.25, 0.3) is 5.56 Å². The van der Waals surface area contributed by atoms with Gasteiger partial charge in [0.2, 0.25) is 0 Å². The Balaban J connectivity index is 1.46. The molecule has 3 rings (SSSR count). The van der Waals surface area contributed by atoms with Crippen LogP contribution in [-0.4, -0.2) is 67.1 Å². The second kappa shape index (κ2) is 10.3. The molecule has 28 heavy (non-hydrogen) atoms. The van der Waals surface area contributed by atoms with Crippen molar-refractivity contribution < 1.29 is 0 Å². The van der Waals surface area contributed by atoms with Crippen molar-refractivity contribution in [1.29, 1.82) is 0 Å². The molecule has 5 nitrogen and oxygen atoms in total. The Morgan fingerprint density at radius 2 is 1.64 bits per heavy atom. The third-order valence-corrected chi connectivity index (χ3v) is 6.12.